The summed E-state index contributed by atoms with van der Waals surface area (Å²) in [4.78, 5) is 11.3. The molecule has 2 heterocycles. The highest BCUT2D eigenvalue weighted by Crippen LogP contribution is 2.17. The van der Waals surface area contributed by atoms with E-state index in [-0.39, 0.29) is 0 Å². The van der Waals surface area contributed by atoms with Crippen LogP contribution >= 0.6 is 0 Å². The fourth-order valence-corrected chi connectivity index (χ4v) is 2.42. The predicted octanol–water partition coefficient (Wildman–Crippen LogP) is 2.53. The van der Waals surface area contributed by atoms with E-state index in [1.807, 2.05) is 12.4 Å². The second-order valence-corrected chi connectivity index (χ2v) is 5.24. The Morgan fingerprint density at radius 3 is 2.89 bits per heavy atom. The zero-order valence-electron chi connectivity index (χ0n) is 11.5. The van der Waals surface area contributed by atoms with Crippen molar-refractivity contribution in [1.29, 1.82) is 0 Å². The summed E-state index contributed by atoms with van der Waals surface area (Å²) < 4.78 is 0. The van der Waals surface area contributed by atoms with Crippen LogP contribution in [0.15, 0.2) is 12.4 Å². The number of hydrogen-bond donors (Lipinski definition) is 1. The third-order valence-electron chi connectivity index (χ3n) is 3.56. The monoisotopic (exact) mass is 248 g/mol. The van der Waals surface area contributed by atoms with Gasteiger partial charge in [-0.15, -0.1) is 0 Å². The third-order valence-corrected chi connectivity index (χ3v) is 3.56. The van der Waals surface area contributed by atoms with E-state index >= 15 is 0 Å². The van der Waals surface area contributed by atoms with E-state index in [1.165, 1.54) is 32.4 Å². The molecule has 18 heavy (non-hydrogen) atoms. The van der Waals surface area contributed by atoms with Crippen LogP contribution in [0.3, 0.4) is 0 Å². The van der Waals surface area contributed by atoms with Gasteiger partial charge in [0.2, 0.25) is 0 Å². The minimum absolute atomic E-state index is 0.866. The largest absolute Gasteiger partial charge is 0.369 e. The summed E-state index contributed by atoms with van der Waals surface area (Å²) in [6, 6.07) is 0. The number of rotatable bonds is 4. The Kier molecular flexibility index (Phi) is 4.93. The zero-order valence-corrected chi connectivity index (χ0v) is 11.5. The van der Waals surface area contributed by atoms with Gasteiger partial charge in [0.15, 0.2) is 0 Å². The van der Waals surface area contributed by atoms with Crippen LogP contribution in [0.4, 0.5) is 5.82 Å². The molecule has 4 heteroatoms. The molecular formula is C14H24N4. The van der Waals surface area contributed by atoms with E-state index in [4.69, 9.17) is 0 Å². The molecule has 0 spiro atoms. The molecule has 100 valence electrons. The first-order valence-electron chi connectivity index (χ1n) is 7.05. The fraction of sp³-hybridized carbons (Fsp3) is 0.714. The molecule has 1 unspecified atom stereocenters. The van der Waals surface area contributed by atoms with Crippen LogP contribution in [0.5, 0.6) is 0 Å². The van der Waals surface area contributed by atoms with Crippen molar-refractivity contribution in [3.63, 3.8) is 0 Å². The third kappa shape index (κ3) is 3.95. The summed E-state index contributed by atoms with van der Waals surface area (Å²) in [6.07, 6.45) is 7.71. The van der Waals surface area contributed by atoms with Gasteiger partial charge in [-0.05, 0) is 45.2 Å². The van der Waals surface area contributed by atoms with Crippen LogP contribution in [-0.4, -0.2) is 34.5 Å². The Morgan fingerprint density at radius 1 is 1.28 bits per heavy atom. The van der Waals surface area contributed by atoms with Gasteiger partial charge >= 0.3 is 0 Å². The van der Waals surface area contributed by atoms with E-state index in [0.29, 0.717) is 0 Å². The number of nitrogens with one attached hydrogen (secondary N) is 1. The molecular weight excluding hydrogens is 224 g/mol. The number of aromatic nitrogens is 2. The van der Waals surface area contributed by atoms with Crippen LogP contribution in [0.2, 0.25) is 0 Å². The lowest BCUT2D eigenvalue weighted by Crippen LogP contribution is -2.24. The molecule has 0 bridgehead atoms. The van der Waals surface area contributed by atoms with E-state index in [1.54, 1.807) is 0 Å². The van der Waals surface area contributed by atoms with Crippen LogP contribution in [0.25, 0.3) is 0 Å². The smallest absolute Gasteiger partial charge is 0.144 e. The van der Waals surface area contributed by atoms with Crippen molar-refractivity contribution in [2.24, 2.45) is 5.92 Å². The number of nitrogens with zero attached hydrogens (tertiary/aromatic N) is 3. The second-order valence-electron chi connectivity index (χ2n) is 5.24. The maximum absolute atomic E-state index is 4.47. The predicted molar refractivity (Wildman–Crippen MR) is 74.5 cm³/mol. The minimum atomic E-state index is 0.866. The lowest BCUT2D eigenvalue weighted by atomic mass is 10.0. The van der Waals surface area contributed by atoms with E-state index in [9.17, 15) is 0 Å². The van der Waals surface area contributed by atoms with Crippen molar-refractivity contribution >= 4 is 5.82 Å². The molecule has 1 aromatic rings. The van der Waals surface area contributed by atoms with E-state index in [0.717, 1.165) is 30.5 Å². The molecule has 1 atom stereocenters. The van der Waals surface area contributed by atoms with Gasteiger partial charge in [0.25, 0.3) is 0 Å². The molecule has 4 nitrogen and oxygen atoms in total. The van der Waals surface area contributed by atoms with Crippen molar-refractivity contribution in [3.05, 3.63) is 18.1 Å². The zero-order chi connectivity index (χ0) is 12.8. The standard InChI is InChI=1S/C14H24N4/c1-3-15-14-10-16-13(9-17-14)11-18-7-4-5-12(2)6-8-18/h9-10,12H,3-8,11H2,1-2H3,(H,15,17). The highest BCUT2D eigenvalue weighted by molar-refractivity contribution is 5.30. The lowest BCUT2D eigenvalue weighted by molar-refractivity contribution is 0.270. The van der Waals surface area contributed by atoms with Gasteiger partial charge in [0.05, 0.1) is 18.1 Å². The quantitative estimate of drug-likeness (QED) is 0.889. The average Bonchev–Trinajstić information content (AvgIpc) is 2.57. The highest BCUT2D eigenvalue weighted by atomic mass is 15.1. The van der Waals surface area contributed by atoms with Crippen molar-refractivity contribution in [2.75, 3.05) is 25.0 Å². The van der Waals surface area contributed by atoms with Gasteiger partial charge in [-0.3, -0.25) is 9.88 Å². The minimum Gasteiger partial charge on any atom is -0.369 e. The van der Waals surface area contributed by atoms with Crippen LogP contribution in [0, 0.1) is 5.92 Å². The summed E-state index contributed by atoms with van der Waals surface area (Å²) in [7, 11) is 0. The molecule has 1 saturated heterocycles. The Morgan fingerprint density at radius 2 is 2.17 bits per heavy atom. The first kappa shape index (κ1) is 13.3. The molecule has 0 saturated carbocycles. The molecule has 1 N–H and O–H groups in total. The van der Waals surface area contributed by atoms with Gasteiger partial charge in [0.1, 0.15) is 5.82 Å². The molecule has 1 aromatic heterocycles. The second kappa shape index (κ2) is 6.69. The van der Waals surface area contributed by atoms with Gasteiger partial charge in [-0.1, -0.05) is 6.92 Å². The van der Waals surface area contributed by atoms with Crippen molar-refractivity contribution < 1.29 is 0 Å². The molecule has 0 radical (unpaired) electrons. The summed E-state index contributed by atoms with van der Waals surface area (Å²) in [5.41, 5.74) is 1.08. The summed E-state index contributed by atoms with van der Waals surface area (Å²) in [5, 5.41) is 3.17. The summed E-state index contributed by atoms with van der Waals surface area (Å²) in [6.45, 7) is 8.63. The molecule has 0 aromatic carbocycles. The van der Waals surface area contributed by atoms with Crippen molar-refractivity contribution in [3.8, 4) is 0 Å². The molecule has 1 aliphatic rings. The first-order chi connectivity index (χ1) is 8.78. The maximum atomic E-state index is 4.47. The normalized spacial score (nSPS) is 21.6. The van der Waals surface area contributed by atoms with Gasteiger partial charge in [0, 0.05) is 13.1 Å². The molecule has 1 fully saturated rings. The average molecular weight is 248 g/mol. The molecule has 1 aliphatic heterocycles. The van der Waals surface area contributed by atoms with Gasteiger partial charge in [-0.2, -0.15) is 0 Å². The molecule has 0 amide bonds. The Labute approximate surface area is 110 Å². The Balaban J connectivity index is 1.88. The molecule has 2 rings (SSSR count). The summed E-state index contributed by atoms with van der Waals surface area (Å²) >= 11 is 0. The van der Waals surface area contributed by atoms with Crippen LogP contribution in [-0.2, 0) is 6.54 Å². The fourth-order valence-electron chi connectivity index (χ4n) is 2.42. The summed E-state index contributed by atoms with van der Waals surface area (Å²) in [5.74, 6) is 1.74. The first-order valence-corrected chi connectivity index (χ1v) is 7.05. The van der Waals surface area contributed by atoms with E-state index < -0.39 is 0 Å². The number of likely N-dealkylation sites (tertiary alicyclic amines) is 1. The van der Waals surface area contributed by atoms with Crippen LogP contribution < -0.4 is 5.32 Å². The van der Waals surface area contributed by atoms with Crippen molar-refractivity contribution in [1.82, 2.24) is 14.9 Å². The van der Waals surface area contributed by atoms with Crippen LogP contribution in [0.1, 0.15) is 38.8 Å². The van der Waals surface area contributed by atoms with E-state index in [2.05, 4.69) is 34.0 Å². The van der Waals surface area contributed by atoms with Gasteiger partial charge < -0.3 is 5.32 Å². The highest BCUT2D eigenvalue weighted by Gasteiger charge is 2.14. The molecule has 0 aliphatic carbocycles. The number of anilines is 1. The number of hydrogen-bond acceptors (Lipinski definition) is 4. The van der Waals surface area contributed by atoms with Gasteiger partial charge in [-0.25, -0.2) is 4.98 Å². The lowest BCUT2D eigenvalue weighted by Gasteiger charge is -2.19. The SMILES string of the molecule is CCNc1cnc(CN2CCCC(C)CC2)cn1. The Bertz CT molecular complexity index is 349. The van der Waals surface area contributed by atoms with Crippen molar-refractivity contribution in [2.45, 2.75) is 39.7 Å². The Hall–Kier alpha value is -1.16. The maximum Gasteiger partial charge on any atom is 0.144 e. The topological polar surface area (TPSA) is 41.1 Å².